The monoisotopic (exact) mass is 250 g/mol. The minimum atomic E-state index is 0.920. The van der Waals surface area contributed by atoms with Gasteiger partial charge in [0.15, 0.2) is 0 Å². The van der Waals surface area contributed by atoms with Crippen molar-refractivity contribution in [3.05, 3.63) is 46.1 Å². The molecular formula is C12H11BrO. The first-order valence-corrected chi connectivity index (χ1v) is 5.28. The van der Waals surface area contributed by atoms with Crippen LogP contribution in [0.5, 0.6) is 0 Å². The number of hydrogen-bond donors (Lipinski definition) is 0. The number of aryl methyl sites for hydroxylation is 2. The molecule has 0 aliphatic carbocycles. The minimum Gasteiger partial charge on any atom is -0.464 e. The zero-order valence-electron chi connectivity index (χ0n) is 8.17. The predicted molar refractivity (Wildman–Crippen MR) is 61.3 cm³/mol. The highest BCUT2D eigenvalue weighted by molar-refractivity contribution is 9.10. The molecule has 0 spiro atoms. The van der Waals surface area contributed by atoms with Gasteiger partial charge in [-0.2, -0.15) is 0 Å². The average Bonchev–Trinajstić information content (AvgIpc) is 2.66. The van der Waals surface area contributed by atoms with E-state index in [0.29, 0.717) is 0 Å². The summed E-state index contributed by atoms with van der Waals surface area (Å²) in [6, 6.07) is 8.12. The molecule has 1 nitrogen and oxygen atoms in total. The Hall–Kier alpha value is -1.02. The highest BCUT2D eigenvalue weighted by Crippen LogP contribution is 2.28. The topological polar surface area (TPSA) is 13.1 Å². The molecule has 0 unspecified atom stereocenters. The summed E-state index contributed by atoms with van der Waals surface area (Å²) in [6.07, 6.45) is 1.70. The maximum Gasteiger partial charge on any atom is 0.133 e. The Bertz CT molecular complexity index is 420. The molecule has 0 aliphatic rings. The van der Waals surface area contributed by atoms with Gasteiger partial charge in [-0.15, -0.1) is 0 Å². The van der Waals surface area contributed by atoms with Crippen molar-refractivity contribution in [1.82, 2.24) is 0 Å². The van der Waals surface area contributed by atoms with Gasteiger partial charge < -0.3 is 4.42 Å². The summed E-state index contributed by atoms with van der Waals surface area (Å²) in [5, 5.41) is 0. The van der Waals surface area contributed by atoms with Gasteiger partial charge in [0.2, 0.25) is 0 Å². The highest BCUT2D eigenvalue weighted by atomic mass is 79.9. The van der Waals surface area contributed by atoms with Gasteiger partial charge in [0.1, 0.15) is 5.76 Å². The van der Waals surface area contributed by atoms with Crippen LogP contribution < -0.4 is 0 Å². The van der Waals surface area contributed by atoms with Crippen molar-refractivity contribution in [2.45, 2.75) is 13.8 Å². The molecule has 2 heteroatoms. The van der Waals surface area contributed by atoms with Crippen molar-refractivity contribution >= 4 is 15.9 Å². The fourth-order valence-corrected chi connectivity index (χ4v) is 1.76. The summed E-state index contributed by atoms with van der Waals surface area (Å²) < 4.78 is 6.53. The summed E-state index contributed by atoms with van der Waals surface area (Å²) in [4.78, 5) is 0. The Morgan fingerprint density at radius 3 is 2.29 bits per heavy atom. The van der Waals surface area contributed by atoms with Crippen LogP contribution in [0.25, 0.3) is 11.3 Å². The van der Waals surface area contributed by atoms with Crippen LogP contribution in [-0.4, -0.2) is 0 Å². The fraction of sp³-hybridized carbons (Fsp3) is 0.167. The predicted octanol–water partition coefficient (Wildman–Crippen LogP) is 4.33. The van der Waals surface area contributed by atoms with Crippen molar-refractivity contribution < 1.29 is 4.42 Å². The van der Waals surface area contributed by atoms with Gasteiger partial charge >= 0.3 is 0 Å². The van der Waals surface area contributed by atoms with E-state index in [9.17, 15) is 0 Å². The zero-order chi connectivity index (χ0) is 10.1. The molecule has 0 fully saturated rings. The van der Waals surface area contributed by atoms with Crippen LogP contribution in [-0.2, 0) is 0 Å². The summed E-state index contributed by atoms with van der Waals surface area (Å²) in [6.45, 7) is 4.17. The van der Waals surface area contributed by atoms with E-state index in [1.54, 1.807) is 6.26 Å². The Morgan fingerprint density at radius 1 is 1.14 bits per heavy atom. The molecular weight excluding hydrogens is 240 g/mol. The van der Waals surface area contributed by atoms with Crippen LogP contribution in [0.3, 0.4) is 0 Å². The number of benzene rings is 1. The van der Waals surface area contributed by atoms with E-state index in [4.69, 9.17) is 4.42 Å². The molecule has 72 valence electrons. The molecule has 0 saturated heterocycles. The smallest absolute Gasteiger partial charge is 0.133 e. The maximum atomic E-state index is 5.35. The van der Waals surface area contributed by atoms with Crippen LogP contribution in [0, 0.1) is 13.8 Å². The van der Waals surface area contributed by atoms with Gasteiger partial charge in [0, 0.05) is 10.0 Å². The highest BCUT2D eigenvalue weighted by Gasteiger charge is 2.05. The van der Waals surface area contributed by atoms with Gasteiger partial charge in [-0.25, -0.2) is 0 Å². The molecule has 0 atom stereocenters. The molecule has 1 aromatic heterocycles. The molecule has 2 rings (SSSR count). The molecule has 14 heavy (non-hydrogen) atoms. The van der Waals surface area contributed by atoms with E-state index >= 15 is 0 Å². The maximum absolute atomic E-state index is 5.35. The average molecular weight is 251 g/mol. The molecule has 0 bridgehead atoms. The lowest BCUT2D eigenvalue weighted by Gasteiger charge is -2.05. The first-order chi connectivity index (χ1) is 6.68. The second kappa shape index (κ2) is 3.62. The Morgan fingerprint density at radius 2 is 1.79 bits per heavy atom. The molecule has 0 radical (unpaired) electrons. The van der Waals surface area contributed by atoms with E-state index < -0.39 is 0 Å². The Balaban J connectivity index is 2.57. The Kier molecular flexibility index (Phi) is 2.46. The first-order valence-electron chi connectivity index (χ1n) is 4.49. The van der Waals surface area contributed by atoms with Gasteiger partial charge in [0.25, 0.3) is 0 Å². The number of halogens is 1. The van der Waals surface area contributed by atoms with Crippen LogP contribution in [0.2, 0.25) is 0 Å². The van der Waals surface area contributed by atoms with Gasteiger partial charge in [0.05, 0.1) is 6.26 Å². The SMILES string of the molecule is Cc1cc(-c2ccco2)cc(C)c1Br. The largest absolute Gasteiger partial charge is 0.464 e. The fourth-order valence-electron chi connectivity index (χ4n) is 1.53. The van der Waals surface area contributed by atoms with Crippen LogP contribution in [0.15, 0.2) is 39.4 Å². The summed E-state index contributed by atoms with van der Waals surface area (Å²) in [5.74, 6) is 0.920. The Labute approximate surface area is 91.9 Å². The summed E-state index contributed by atoms with van der Waals surface area (Å²) in [7, 11) is 0. The third-order valence-electron chi connectivity index (χ3n) is 2.24. The lowest BCUT2D eigenvalue weighted by Crippen LogP contribution is -1.84. The van der Waals surface area contributed by atoms with Crippen molar-refractivity contribution in [1.29, 1.82) is 0 Å². The quantitative estimate of drug-likeness (QED) is 0.735. The van der Waals surface area contributed by atoms with Gasteiger partial charge in [-0.1, -0.05) is 15.9 Å². The van der Waals surface area contributed by atoms with E-state index in [2.05, 4.69) is 41.9 Å². The molecule has 0 saturated carbocycles. The molecule has 1 aromatic carbocycles. The normalized spacial score (nSPS) is 10.5. The van der Waals surface area contributed by atoms with E-state index in [1.807, 2.05) is 12.1 Å². The van der Waals surface area contributed by atoms with Gasteiger partial charge in [-0.05, 0) is 49.2 Å². The first kappa shape index (κ1) is 9.53. The second-order valence-electron chi connectivity index (χ2n) is 3.40. The molecule has 0 aliphatic heterocycles. The van der Waals surface area contributed by atoms with E-state index in [1.165, 1.54) is 15.6 Å². The van der Waals surface area contributed by atoms with Crippen molar-refractivity contribution in [3.63, 3.8) is 0 Å². The lowest BCUT2D eigenvalue weighted by atomic mass is 10.1. The van der Waals surface area contributed by atoms with Crippen LogP contribution in [0.4, 0.5) is 0 Å². The lowest BCUT2D eigenvalue weighted by molar-refractivity contribution is 0.582. The van der Waals surface area contributed by atoms with Gasteiger partial charge in [-0.3, -0.25) is 0 Å². The number of furan rings is 1. The standard InChI is InChI=1S/C12H11BrO/c1-8-6-10(7-9(2)12(8)13)11-4-3-5-14-11/h3-7H,1-2H3. The molecule has 0 N–H and O–H groups in total. The summed E-state index contributed by atoms with van der Waals surface area (Å²) >= 11 is 3.55. The number of hydrogen-bond acceptors (Lipinski definition) is 1. The molecule has 0 amide bonds. The third kappa shape index (κ3) is 1.62. The molecule has 2 aromatic rings. The van der Waals surface area contributed by atoms with Crippen molar-refractivity contribution in [2.24, 2.45) is 0 Å². The van der Waals surface area contributed by atoms with E-state index in [0.717, 1.165) is 11.3 Å². The van der Waals surface area contributed by atoms with Crippen LogP contribution in [0.1, 0.15) is 11.1 Å². The van der Waals surface area contributed by atoms with Crippen LogP contribution >= 0.6 is 15.9 Å². The summed E-state index contributed by atoms with van der Waals surface area (Å²) in [5.41, 5.74) is 3.60. The zero-order valence-corrected chi connectivity index (χ0v) is 9.76. The van der Waals surface area contributed by atoms with Crippen molar-refractivity contribution in [2.75, 3.05) is 0 Å². The molecule has 1 heterocycles. The number of rotatable bonds is 1. The van der Waals surface area contributed by atoms with Crippen molar-refractivity contribution in [3.8, 4) is 11.3 Å². The van der Waals surface area contributed by atoms with E-state index in [-0.39, 0.29) is 0 Å². The minimum absolute atomic E-state index is 0.920. The third-order valence-corrected chi connectivity index (χ3v) is 3.49. The second-order valence-corrected chi connectivity index (χ2v) is 4.19.